The van der Waals surface area contributed by atoms with Crippen molar-refractivity contribution in [1.82, 2.24) is 5.32 Å². The second-order valence-corrected chi connectivity index (χ2v) is 5.32. The minimum atomic E-state index is -4.02. The highest BCUT2D eigenvalue weighted by Crippen LogP contribution is 2.23. The van der Waals surface area contributed by atoms with Gasteiger partial charge >= 0.3 is 6.18 Å². The minimum absolute atomic E-state index is 0.0299. The van der Waals surface area contributed by atoms with Gasteiger partial charge in [-0.15, -0.1) is 0 Å². The molecule has 0 fully saturated rings. The van der Waals surface area contributed by atoms with Gasteiger partial charge in [0, 0.05) is 12.5 Å². The molecule has 0 aromatic carbocycles. The predicted octanol–water partition coefficient (Wildman–Crippen LogP) is 5.45. The van der Waals surface area contributed by atoms with Crippen molar-refractivity contribution in [2.24, 2.45) is 0 Å². The lowest BCUT2D eigenvalue weighted by molar-refractivity contribution is -0.136. The molecule has 1 atom stereocenters. The van der Waals surface area contributed by atoms with Crippen LogP contribution in [0.3, 0.4) is 0 Å². The monoisotopic (exact) mass is 281 g/mol. The molecule has 1 N–H and O–H groups in total. The third-order valence-electron chi connectivity index (χ3n) is 3.43. The lowest BCUT2D eigenvalue weighted by atomic mass is 10.0. The van der Waals surface area contributed by atoms with Crippen LogP contribution in [0.25, 0.3) is 0 Å². The van der Waals surface area contributed by atoms with Gasteiger partial charge in [0.25, 0.3) is 0 Å². The highest BCUT2D eigenvalue weighted by atomic mass is 19.4. The van der Waals surface area contributed by atoms with E-state index in [2.05, 4.69) is 12.2 Å². The van der Waals surface area contributed by atoms with E-state index in [1.165, 1.54) is 32.1 Å². The van der Waals surface area contributed by atoms with E-state index in [-0.39, 0.29) is 12.5 Å². The van der Waals surface area contributed by atoms with E-state index in [1.54, 1.807) is 0 Å². The Kier molecular flexibility index (Phi) is 11.4. The van der Waals surface area contributed by atoms with Gasteiger partial charge in [-0.1, -0.05) is 58.8 Å². The molecule has 0 heterocycles. The average molecular weight is 281 g/mol. The van der Waals surface area contributed by atoms with Crippen molar-refractivity contribution in [3.8, 4) is 0 Å². The van der Waals surface area contributed by atoms with E-state index in [9.17, 15) is 13.2 Å². The third kappa shape index (κ3) is 14.0. The first-order chi connectivity index (χ1) is 8.99. The molecular weight excluding hydrogens is 251 g/mol. The van der Waals surface area contributed by atoms with E-state index in [0.717, 1.165) is 25.8 Å². The van der Waals surface area contributed by atoms with Crippen LogP contribution in [0.4, 0.5) is 13.2 Å². The van der Waals surface area contributed by atoms with Gasteiger partial charge in [-0.2, -0.15) is 13.2 Å². The molecule has 0 aromatic rings. The first kappa shape index (κ1) is 18.8. The van der Waals surface area contributed by atoms with Crippen LogP contribution in [0.2, 0.25) is 0 Å². The summed E-state index contributed by atoms with van der Waals surface area (Å²) in [6, 6.07) is 0.0299. The molecule has 0 radical (unpaired) electrons. The summed E-state index contributed by atoms with van der Waals surface area (Å²) in [6.07, 6.45) is 4.92. The summed E-state index contributed by atoms with van der Waals surface area (Å²) < 4.78 is 36.6. The maximum atomic E-state index is 12.2. The fraction of sp³-hybridized carbons (Fsp3) is 1.00. The van der Waals surface area contributed by atoms with Gasteiger partial charge < -0.3 is 5.32 Å². The number of nitrogens with one attached hydrogen (secondary N) is 1. The van der Waals surface area contributed by atoms with Crippen LogP contribution in [-0.2, 0) is 0 Å². The highest BCUT2D eigenvalue weighted by Gasteiger charge is 2.27. The average Bonchev–Trinajstić information content (AvgIpc) is 2.33. The number of rotatable bonds is 12. The largest absolute Gasteiger partial charge is 0.389 e. The maximum absolute atomic E-state index is 12.2. The zero-order valence-corrected chi connectivity index (χ0v) is 12.5. The van der Waals surface area contributed by atoms with E-state index < -0.39 is 12.6 Å². The Bertz CT molecular complexity index is 192. The molecule has 116 valence electrons. The first-order valence-corrected chi connectivity index (χ1v) is 7.79. The van der Waals surface area contributed by atoms with E-state index in [1.807, 2.05) is 6.92 Å². The summed E-state index contributed by atoms with van der Waals surface area (Å²) in [7, 11) is 0. The van der Waals surface area contributed by atoms with Gasteiger partial charge in [-0.05, 0) is 19.4 Å². The molecule has 4 heteroatoms. The first-order valence-electron chi connectivity index (χ1n) is 7.79. The fourth-order valence-corrected chi connectivity index (χ4v) is 2.32. The standard InChI is InChI=1S/C15H30F3N/c1-3-5-6-7-8-9-10-11-14(19-4-2)12-13-15(16,17)18/h14,19H,3-13H2,1-2H3. The molecule has 0 aliphatic carbocycles. The number of unbranched alkanes of at least 4 members (excludes halogenated alkanes) is 6. The van der Waals surface area contributed by atoms with Crippen molar-refractivity contribution < 1.29 is 13.2 Å². The van der Waals surface area contributed by atoms with Gasteiger partial charge in [0.2, 0.25) is 0 Å². The molecule has 0 aliphatic rings. The predicted molar refractivity (Wildman–Crippen MR) is 75.4 cm³/mol. The Morgan fingerprint density at radius 2 is 1.42 bits per heavy atom. The van der Waals surface area contributed by atoms with Gasteiger partial charge in [0.05, 0.1) is 0 Å². The van der Waals surface area contributed by atoms with Crippen LogP contribution in [-0.4, -0.2) is 18.8 Å². The van der Waals surface area contributed by atoms with Gasteiger partial charge in [0.1, 0.15) is 0 Å². The highest BCUT2D eigenvalue weighted by molar-refractivity contribution is 4.68. The van der Waals surface area contributed by atoms with Crippen LogP contribution in [0.1, 0.15) is 78.1 Å². The molecule has 0 aromatic heterocycles. The Balaban J connectivity index is 3.59. The number of hydrogen-bond donors (Lipinski definition) is 1. The zero-order valence-electron chi connectivity index (χ0n) is 12.5. The second-order valence-electron chi connectivity index (χ2n) is 5.32. The smallest absolute Gasteiger partial charge is 0.314 e. The lowest BCUT2D eigenvalue weighted by Crippen LogP contribution is -2.30. The molecule has 0 spiro atoms. The van der Waals surface area contributed by atoms with Crippen molar-refractivity contribution in [3.63, 3.8) is 0 Å². The summed E-state index contributed by atoms with van der Waals surface area (Å²) in [5.41, 5.74) is 0. The maximum Gasteiger partial charge on any atom is 0.389 e. The summed E-state index contributed by atoms with van der Waals surface area (Å²) in [6.45, 7) is 4.89. The molecule has 0 rings (SSSR count). The summed E-state index contributed by atoms with van der Waals surface area (Å²) in [5, 5.41) is 3.17. The molecule has 0 saturated carbocycles. The van der Waals surface area contributed by atoms with Crippen molar-refractivity contribution in [1.29, 1.82) is 0 Å². The van der Waals surface area contributed by atoms with E-state index >= 15 is 0 Å². The second kappa shape index (κ2) is 11.6. The van der Waals surface area contributed by atoms with E-state index in [0.29, 0.717) is 0 Å². The molecule has 0 amide bonds. The Labute approximate surface area is 116 Å². The van der Waals surface area contributed by atoms with Gasteiger partial charge in [0.15, 0.2) is 0 Å². The molecule has 0 saturated heterocycles. The van der Waals surface area contributed by atoms with Crippen molar-refractivity contribution in [3.05, 3.63) is 0 Å². The summed E-state index contributed by atoms with van der Waals surface area (Å²) in [5.74, 6) is 0. The van der Waals surface area contributed by atoms with Gasteiger partial charge in [-0.25, -0.2) is 0 Å². The Morgan fingerprint density at radius 3 is 1.95 bits per heavy atom. The number of alkyl halides is 3. The normalized spacial score (nSPS) is 13.7. The van der Waals surface area contributed by atoms with Crippen molar-refractivity contribution in [2.75, 3.05) is 6.54 Å². The molecule has 0 aliphatic heterocycles. The van der Waals surface area contributed by atoms with Crippen LogP contribution < -0.4 is 5.32 Å². The van der Waals surface area contributed by atoms with Crippen LogP contribution in [0.5, 0.6) is 0 Å². The van der Waals surface area contributed by atoms with E-state index in [4.69, 9.17) is 0 Å². The quantitative estimate of drug-likeness (QED) is 0.469. The molecule has 1 unspecified atom stereocenters. The van der Waals surface area contributed by atoms with Crippen molar-refractivity contribution in [2.45, 2.75) is 90.3 Å². The minimum Gasteiger partial charge on any atom is -0.314 e. The van der Waals surface area contributed by atoms with Crippen LogP contribution in [0.15, 0.2) is 0 Å². The SMILES string of the molecule is CCCCCCCCCC(CCC(F)(F)F)NCC. The van der Waals surface area contributed by atoms with Gasteiger partial charge in [-0.3, -0.25) is 0 Å². The Morgan fingerprint density at radius 1 is 0.842 bits per heavy atom. The van der Waals surface area contributed by atoms with Crippen molar-refractivity contribution >= 4 is 0 Å². The Hall–Kier alpha value is -0.250. The molecule has 0 bridgehead atoms. The molecular formula is C15H30F3N. The molecule has 19 heavy (non-hydrogen) atoms. The fourth-order valence-electron chi connectivity index (χ4n) is 2.32. The van der Waals surface area contributed by atoms with Crippen LogP contribution in [0, 0.1) is 0 Å². The number of halogens is 3. The zero-order chi connectivity index (χ0) is 14.6. The summed E-state index contributed by atoms with van der Waals surface area (Å²) >= 11 is 0. The van der Waals surface area contributed by atoms with Crippen LogP contribution >= 0.6 is 0 Å². The lowest BCUT2D eigenvalue weighted by Gasteiger charge is -2.18. The third-order valence-corrected chi connectivity index (χ3v) is 3.43. The number of hydrogen-bond acceptors (Lipinski definition) is 1. The summed E-state index contributed by atoms with van der Waals surface area (Å²) in [4.78, 5) is 0. The topological polar surface area (TPSA) is 12.0 Å². The molecule has 1 nitrogen and oxygen atoms in total.